The molecule has 0 unspecified atom stereocenters. The summed E-state index contributed by atoms with van der Waals surface area (Å²) in [4.78, 5) is 4.09. The standard InChI is InChI=1S/C13H17BrN4/c1-10-7-11(4-5-12(10)14)8-15-6-2-3-13-16-9-17-18-13/h4-5,7,9,15H,2-3,6,8H2,1H3,(H,16,17,18). The number of aryl methyl sites for hydroxylation is 2. The van der Waals surface area contributed by atoms with E-state index in [4.69, 9.17) is 0 Å². The largest absolute Gasteiger partial charge is 0.313 e. The fraction of sp³-hybridized carbons (Fsp3) is 0.385. The molecule has 0 atom stereocenters. The van der Waals surface area contributed by atoms with Gasteiger partial charge in [-0.15, -0.1) is 0 Å². The molecule has 0 bridgehead atoms. The van der Waals surface area contributed by atoms with E-state index < -0.39 is 0 Å². The molecule has 0 radical (unpaired) electrons. The van der Waals surface area contributed by atoms with Crippen LogP contribution in [0, 0.1) is 6.92 Å². The summed E-state index contributed by atoms with van der Waals surface area (Å²) in [7, 11) is 0. The summed E-state index contributed by atoms with van der Waals surface area (Å²) < 4.78 is 1.16. The number of H-pyrrole nitrogens is 1. The Balaban J connectivity index is 1.67. The van der Waals surface area contributed by atoms with Gasteiger partial charge in [-0.05, 0) is 37.1 Å². The Morgan fingerprint density at radius 2 is 2.28 bits per heavy atom. The van der Waals surface area contributed by atoms with Gasteiger partial charge in [-0.25, -0.2) is 4.98 Å². The van der Waals surface area contributed by atoms with Crippen LogP contribution in [0.15, 0.2) is 29.0 Å². The summed E-state index contributed by atoms with van der Waals surface area (Å²) in [6, 6.07) is 6.44. The Kier molecular flexibility index (Phi) is 4.90. The average molecular weight is 309 g/mol. The van der Waals surface area contributed by atoms with Gasteiger partial charge in [-0.2, -0.15) is 5.10 Å². The fourth-order valence-corrected chi connectivity index (χ4v) is 2.03. The summed E-state index contributed by atoms with van der Waals surface area (Å²) in [5.74, 6) is 0.955. The lowest BCUT2D eigenvalue weighted by Crippen LogP contribution is -2.15. The number of aromatic amines is 1. The first-order valence-electron chi connectivity index (χ1n) is 6.05. The fourth-order valence-electron chi connectivity index (χ4n) is 1.78. The van der Waals surface area contributed by atoms with Gasteiger partial charge in [-0.1, -0.05) is 28.1 Å². The van der Waals surface area contributed by atoms with Crippen LogP contribution in [-0.4, -0.2) is 21.7 Å². The monoisotopic (exact) mass is 308 g/mol. The first-order valence-corrected chi connectivity index (χ1v) is 6.85. The van der Waals surface area contributed by atoms with Crippen molar-refractivity contribution in [2.45, 2.75) is 26.3 Å². The normalized spacial score (nSPS) is 10.8. The highest BCUT2D eigenvalue weighted by Crippen LogP contribution is 2.16. The third-order valence-corrected chi connectivity index (χ3v) is 3.67. The summed E-state index contributed by atoms with van der Waals surface area (Å²) in [5.41, 5.74) is 2.59. The number of rotatable bonds is 6. The van der Waals surface area contributed by atoms with Crippen molar-refractivity contribution in [2.75, 3.05) is 6.54 Å². The number of aromatic nitrogens is 3. The van der Waals surface area contributed by atoms with E-state index in [9.17, 15) is 0 Å². The molecule has 1 aromatic carbocycles. The molecule has 4 nitrogen and oxygen atoms in total. The summed E-state index contributed by atoms with van der Waals surface area (Å²) >= 11 is 3.51. The second kappa shape index (κ2) is 6.66. The molecule has 2 rings (SSSR count). The van der Waals surface area contributed by atoms with Crippen molar-refractivity contribution in [3.63, 3.8) is 0 Å². The second-order valence-corrected chi connectivity index (χ2v) is 5.15. The number of benzene rings is 1. The zero-order valence-electron chi connectivity index (χ0n) is 10.4. The van der Waals surface area contributed by atoms with Crippen molar-refractivity contribution in [3.8, 4) is 0 Å². The second-order valence-electron chi connectivity index (χ2n) is 4.30. The van der Waals surface area contributed by atoms with Gasteiger partial charge in [0.25, 0.3) is 0 Å². The molecule has 0 saturated heterocycles. The molecular weight excluding hydrogens is 292 g/mol. The Bertz CT molecular complexity index is 482. The minimum absolute atomic E-state index is 0.907. The maximum absolute atomic E-state index is 4.09. The molecule has 0 aliphatic carbocycles. The number of hydrogen-bond donors (Lipinski definition) is 2. The van der Waals surface area contributed by atoms with E-state index in [0.717, 1.165) is 36.2 Å². The molecule has 2 aromatic rings. The minimum Gasteiger partial charge on any atom is -0.313 e. The first-order chi connectivity index (χ1) is 8.75. The lowest BCUT2D eigenvalue weighted by molar-refractivity contribution is 0.639. The van der Waals surface area contributed by atoms with Crippen LogP contribution in [0.5, 0.6) is 0 Å². The topological polar surface area (TPSA) is 53.6 Å². The van der Waals surface area contributed by atoms with Crippen LogP contribution >= 0.6 is 15.9 Å². The highest BCUT2D eigenvalue weighted by atomic mass is 79.9. The van der Waals surface area contributed by atoms with Gasteiger partial charge in [0.2, 0.25) is 0 Å². The predicted molar refractivity (Wildman–Crippen MR) is 75.3 cm³/mol. The van der Waals surface area contributed by atoms with Gasteiger partial charge >= 0.3 is 0 Å². The third-order valence-electron chi connectivity index (χ3n) is 2.78. The van der Waals surface area contributed by atoms with Gasteiger partial charge < -0.3 is 5.32 Å². The lowest BCUT2D eigenvalue weighted by Gasteiger charge is -2.06. The van der Waals surface area contributed by atoms with Gasteiger partial charge in [0.05, 0.1) is 0 Å². The van der Waals surface area contributed by atoms with Crippen LogP contribution in [0.3, 0.4) is 0 Å². The van der Waals surface area contributed by atoms with Crippen LogP contribution in [-0.2, 0) is 13.0 Å². The molecule has 2 N–H and O–H groups in total. The van der Waals surface area contributed by atoms with E-state index in [1.807, 2.05) is 0 Å². The summed E-state index contributed by atoms with van der Waals surface area (Å²) in [6.07, 6.45) is 3.55. The van der Waals surface area contributed by atoms with E-state index in [-0.39, 0.29) is 0 Å². The Morgan fingerprint density at radius 1 is 1.39 bits per heavy atom. The van der Waals surface area contributed by atoms with E-state index in [1.165, 1.54) is 11.1 Å². The average Bonchev–Trinajstić information content (AvgIpc) is 2.86. The van der Waals surface area contributed by atoms with Crippen molar-refractivity contribution in [2.24, 2.45) is 0 Å². The molecule has 0 aliphatic heterocycles. The summed E-state index contributed by atoms with van der Waals surface area (Å²) in [5, 5.41) is 10.1. The number of nitrogens with zero attached hydrogens (tertiary/aromatic N) is 2. The number of halogens is 1. The third kappa shape index (κ3) is 3.92. The quantitative estimate of drug-likeness (QED) is 0.807. The molecule has 1 heterocycles. The summed E-state index contributed by atoms with van der Waals surface area (Å²) in [6.45, 7) is 4.00. The van der Waals surface area contributed by atoms with E-state index in [1.54, 1.807) is 6.33 Å². The van der Waals surface area contributed by atoms with Crippen LogP contribution < -0.4 is 5.32 Å². The Hall–Kier alpha value is -1.20. The molecule has 1 aromatic heterocycles. The van der Waals surface area contributed by atoms with Gasteiger partial charge in [0.1, 0.15) is 12.2 Å². The molecule has 5 heteroatoms. The maximum atomic E-state index is 4.09. The van der Waals surface area contributed by atoms with E-state index >= 15 is 0 Å². The first kappa shape index (κ1) is 13.2. The zero-order chi connectivity index (χ0) is 12.8. The Labute approximate surface area is 115 Å². The smallest absolute Gasteiger partial charge is 0.137 e. The minimum atomic E-state index is 0.907. The van der Waals surface area contributed by atoms with E-state index in [2.05, 4.69) is 61.6 Å². The highest BCUT2D eigenvalue weighted by Gasteiger charge is 1.98. The van der Waals surface area contributed by atoms with Crippen LogP contribution in [0.1, 0.15) is 23.4 Å². The molecule has 0 saturated carbocycles. The molecule has 96 valence electrons. The molecule has 0 spiro atoms. The van der Waals surface area contributed by atoms with Gasteiger partial charge in [0.15, 0.2) is 0 Å². The van der Waals surface area contributed by atoms with Gasteiger partial charge in [-0.3, -0.25) is 5.10 Å². The zero-order valence-corrected chi connectivity index (χ0v) is 12.0. The van der Waals surface area contributed by atoms with Crippen molar-refractivity contribution < 1.29 is 0 Å². The molecule has 0 fully saturated rings. The molecule has 18 heavy (non-hydrogen) atoms. The molecular formula is C13H17BrN4. The number of hydrogen-bond acceptors (Lipinski definition) is 3. The van der Waals surface area contributed by atoms with Gasteiger partial charge in [0, 0.05) is 17.4 Å². The predicted octanol–water partition coefficient (Wildman–Crippen LogP) is 2.60. The number of nitrogens with one attached hydrogen (secondary N) is 2. The van der Waals surface area contributed by atoms with Crippen molar-refractivity contribution in [1.82, 2.24) is 20.5 Å². The van der Waals surface area contributed by atoms with Crippen molar-refractivity contribution in [3.05, 3.63) is 46.0 Å². The van der Waals surface area contributed by atoms with Crippen molar-refractivity contribution in [1.29, 1.82) is 0 Å². The SMILES string of the molecule is Cc1cc(CNCCCc2ncn[nH]2)ccc1Br. The molecule has 0 amide bonds. The lowest BCUT2D eigenvalue weighted by atomic mass is 10.1. The van der Waals surface area contributed by atoms with E-state index in [0.29, 0.717) is 0 Å². The maximum Gasteiger partial charge on any atom is 0.137 e. The van der Waals surface area contributed by atoms with Crippen LogP contribution in [0.2, 0.25) is 0 Å². The highest BCUT2D eigenvalue weighted by molar-refractivity contribution is 9.10. The molecule has 0 aliphatic rings. The van der Waals surface area contributed by atoms with Crippen LogP contribution in [0.25, 0.3) is 0 Å². The van der Waals surface area contributed by atoms with Crippen LogP contribution in [0.4, 0.5) is 0 Å². The van der Waals surface area contributed by atoms with Crippen molar-refractivity contribution >= 4 is 15.9 Å². The Morgan fingerprint density at radius 3 is 3.00 bits per heavy atom.